The van der Waals surface area contributed by atoms with Crippen molar-refractivity contribution in [3.63, 3.8) is 0 Å². The van der Waals surface area contributed by atoms with Crippen LogP contribution in [0.25, 0.3) is 0 Å². The molecule has 9 nitrogen and oxygen atoms in total. The Bertz CT molecular complexity index is 780. The summed E-state index contributed by atoms with van der Waals surface area (Å²) in [7, 11) is 2.69. The van der Waals surface area contributed by atoms with Gasteiger partial charge in [-0.1, -0.05) is 29.8 Å². The van der Waals surface area contributed by atoms with Crippen LogP contribution < -0.4 is 5.32 Å². The molecule has 32 heavy (non-hydrogen) atoms. The van der Waals surface area contributed by atoms with Gasteiger partial charge in [-0.3, -0.25) is 29.5 Å². The molecule has 1 aromatic rings. The fraction of sp³-hybridized carbons (Fsp3) is 0.609. The van der Waals surface area contributed by atoms with Gasteiger partial charge in [0.25, 0.3) is 0 Å². The van der Waals surface area contributed by atoms with Crippen molar-refractivity contribution in [3.8, 4) is 0 Å². The Morgan fingerprint density at radius 2 is 1.38 bits per heavy atom. The van der Waals surface area contributed by atoms with E-state index in [0.717, 1.165) is 11.1 Å². The third-order valence-electron chi connectivity index (χ3n) is 6.27. The molecule has 0 aliphatic carbocycles. The summed E-state index contributed by atoms with van der Waals surface area (Å²) in [5.41, 5.74) is 1.08. The van der Waals surface area contributed by atoms with E-state index in [9.17, 15) is 19.5 Å². The summed E-state index contributed by atoms with van der Waals surface area (Å²) in [6.07, 6.45) is 0. The Balaban J connectivity index is 2.60. The summed E-state index contributed by atoms with van der Waals surface area (Å²) in [5.74, 6) is -1.73. The molecule has 1 heterocycles. The fourth-order valence-corrected chi connectivity index (χ4v) is 4.16. The molecule has 1 aliphatic rings. The van der Waals surface area contributed by atoms with Crippen LogP contribution in [0.1, 0.15) is 31.9 Å². The van der Waals surface area contributed by atoms with Crippen LogP contribution >= 0.6 is 0 Å². The van der Waals surface area contributed by atoms with Crippen LogP contribution in [-0.4, -0.2) is 91.3 Å². The lowest BCUT2D eigenvalue weighted by molar-refractivity contribution is -0.147. The first-order valence-corrected chi connectivity index (χ1v) is 10.8. The Morgan fingerprint density at radius 1 is 0.938 bits per heavy atom. The van der Waals surface area contributed by atoms with E-state index >= 15 is 0 Å². The Hall–Kier alpha value is -2.49. The second-order valence-corrected chi connectivity index (χ2v) is 8.49. The molecule has 3 atom stereocenters. The first-order valence-electron chi connectivity index (χ1n) is 10.8. The lowest BCUT2D eigenvalue weighted by atomic mass is 9.86. The van der Waals surface area contributed by atoms with E-state index in [-0.39, 0.29) is 11.9 Å². The maximum Gasteiger partial charge on any atom is 0.322 e. The van der Waals surface area contributed by atoms with Gasteiger partial charge in [-0.15, -0.1) is 0 Å². The number of carbonyl (C=O) groups is 3. The van der Waals surface area contributed by atoms with Crippen LogP contribution in [0.3, 0.4) is 0 Å². The van der Waals surface area contributed by atoms with Crippen molar-refractivity contribution in [2.45, 2.75) is 51.4 Å². The van der Waals surface area contributed by atoms with E-state index < -0.39 is 29.6 Å². The third kappa shape index (κ3) is 5.85. The van der Waals surface area contributed by atoms with Gasteiger partial charge in [-0.25, -0.2) is 0 Å². The second kappa shape index (κ2) is 10.9. The molecule has 1 aromatic carbocycles. The number of benzene rings is 1. The number of aliphatic carboxylic acids is 1. The van der Waals surface area contributed by atoms with E-state index in [4.69, 9.17) is 9.47 Å². The molecule has 1 fully saturated rings. The molecular formula is C23H35N3O6. The second-order valence-electron chi connectivity index (χ2n) is 8.49. The largest absolute Gasteiger partial charge is 0.480 e. The lowest BCUT2D eigenvalue weighted by Crippen LogP contribution is -2.60. The van der Waals surface area contributed by atoms with Gasteiger partial charge in [-0.05, 0) is 33.3 Å². The van der Waals surface area contributed by atoms with Crippen LogP contribution in [0, 0.1) is 6.92 Å². The lowest BCUT2D eigenvalue weighted by Gasteiger charge is -2.42. The first-order chi connectivity index (χ1) is 15.0. The van der Waals surface area contributed by atoms with Crippen molar-refractivity contribution in [2.75, 3.05) is 40.4 Å². The SMILES string of the molecule is COC(=O)C(C)N1CCN(C(C)C(=O)OC)CC(NC(C)C(=O)O)(c2ccc(C)cc2)C1. The van der Waals surface area contributed by atoms with Crippen molar-refractivity contribution in [1.82, 2.24) is 15.1 Å². The highest BCUT2D eigenvalue weighted by Crippen LogP contribution is 2.30. The van der Waals surface area contributed by atoms with Crippen LogP contribution in [0.15, 0.2) is 24.3 Å². The minimum absolute atomic E-state index is 0.355. The maximum atomic E-state index is 12.3. The molecule has 2 rings (SSSR count). The molecule has 0 spiro atoms. The number of carboxylic acid groups (broad SMARTS) is 1. The van der Waals surface area contributed by atoms with Crippen molar-refractivity contribution >= 4 is 17.9 Å². The summed E-state index contributed by atoms with van der Waals surface area (Å²) in [6, 6.07) is 5.92. The molecule has 1 saturated heterocycles. The summed E-state index contributed by atoms with van der Waals surface area (Å²) in [4.78, 5) is 40.4. The Kier molecular flexibility index (Phi) is 8.77. The van der Waals surface area contributed by atoms with Crippen LogP contribution in [0.5, 0.6) is 0 Å². The van der Waals surface area contributed by atoms with E-state index in [1.54, 1.807) is 20.8 Å². The highest BCUT2D eigenvalue weighted by Gasteiger charge is 2.44. The molecular weight excluding hydrogens is 414 g/mol. The molecule has 1 aliphatic heterocycles. The number of nitrogens with one attached hydrogen (secondary N) is 1. The van der Waals surface area contributed by atoms with Gasteiger partial charge in [0, 0.05) is 26.2 Å². The van der Waals surface area contributed by atoms with Gasteiger partial charge in [0.15, 0.2) is 0 Å². The van der Waals surface area contributed by atoms with Gasteiger partial charge < -0.3 is 14.6 Å². The zero-order valence-electron chi connectivity index (χ0n) is 19.8. The number of aryl methyl sites for hydroxylation is 1. The Labute approximate surface area is 189 Å². The summed E-state index contributed by atoms with van der Waals surface area (Å²) in [6.45, 7) is 8.81. The van der Waals surface area contributed by atoms with E-state index in [2.05, 4.69) is 5.32 Å². The van der Waals surface area contributed by atoms with Crippen LogP contribution in [0.4, 0.5) is 0 Å². The molecule has 2 N–H and O–H groups in total. The van der Waals surface area contributed by atoms with Gasteiger partial charge >= 0.3 is 17.9 Å². The normalized spacial score (nSPS) is 22.9. The predicted molar refractivity (Wildman–Crippen MR) is 119 cm³/mol. The first kappa shape index (κ1) is 25.8. The number of hydrogen-bond acceptors (Lipinski definition) is 8. The molecule has 0 radical (unpaired) electrons. The molecule has 3 unspecified atom stereocenters. The highest BCUT2D eigenvalue weighted by atomic mass is 16.5. The maximum absolute atomic E-state index is 12.3. The average Bonchev–Trinajstić information content (AvgIpc) is 2.97. The number of esters is 2. The number of carboxylic acids is 1. The van der Waals surface area contributed by atoms with E-state index in [0.29, 0.717) is 26.2 Å². The van der Waals surface area contributed by atoms with Crippen molar-refractivity contribution in [3.05, 3.63) is 35.4 Å². The number of carbonyl (C=O) groups excluding carboxylic acids is 2. The topological polar surface area (TPSA) is 108 Å². The quantitative estimate of drug-likeness (QED) is 0.562. The van der Waals surface area contributed by atoms with Crippen molar-refractivity contribution in [1.29, 1.82) is 0 Å². The molecule has 0 bridgehead atoms. The average molecular weight is 450 g/mol. The molecule has 178 valence electrons. The number of ether oxygens (including phenoxy) is 2. The minimum Gasteiger partial charge on any atom is -0.480 e. The van der Waals surface area contributed by atoms with Gasteiger partial charge in [0.1, 0.15) is 18.1 Å². The summed E-state index contributed by atoms with van der Waals surface area (Å²) >= 11 is 0. The van der Waals surface area contributed by atoms with E-state index in [1.165, 1.54) is 14.2 Å². The third-order valence-corrected chi connectivity index (χ3v) is 6.27. The smallest absolute Gasteiger partial charge is 0.322 e. The molecule has 0 saturated carbocycles. The predicted octanol–water partition coefficient (Wildman–Crippen LogP) is 0.994. The number of rotatable bonds is 8. The standard InChI is InChI=1S/C23H35N3O6/c1-15-7-9-19(10-8-15)23(24-16(2)20(27)28)13-25(17(3)21(29)31-5)11-12-26(14-23)18(4)22(30)32-6/h7-10,16-18,24H,11-14H2,1-6H3,(H,27,28). The zero-order valence-corrected chi connectivity index (χ0v) is 19.8. The van der Waals surface area contributed by atoms with Gasteiger partial charge in [-0.2, -0.15) is 0 Å². The number of hydrogen-bond donors (Lipinski definition) is 2. The zero-order chi connectivity index (χ0) is 24.1. The minimum atomic E-state index is -0.985. The van der Waals surface area contributed by atoms with Crippen LogP contribution in [0.2, 0.25) is 0 Å². The highest BCUT2D eigenvalue weighted by molar-refractivity contribution is 5.76. The van der Waals surface area contributed by atoms with Gasteiger partial charge in [0.05, 0.1) is 19.8 Å². The van der Waals surface area contributed by atoms with Crippen LogP contribution in [-0.2, 0) is 29.4 Å². The number of methoxy groups -OCH3 is 2. The number of nitrogens with zero attached hydrogens (tertiary/aromatic N) is 2. The summed E-state index contributed by atoms with van der Waals surface area (Å²) < 4.78 is 9.92. The monoisotopic (exact) mass is 449 g/mol. The fourth-order valence-electron chi connectivity index (χ4n) is 4.16. The van der Waals surface area contributed by atoms with Crippen molar-refractivity contribution in [2.24, 2.45) is 0 Å². The summed E-state index contributed by atoms with van der Waals surface area (Å²) in [5, 5.41) is 13.0. The van der Waals surface area contributed by atoms with Crippen molar-refractivity contribution < 1.29 is 29.0 Å². The molecule has 9 heteroatoms. The Morgan fingerprint density at radius 3 is 1.75 bits per heavy atom. The molecule has 0 amide bonds. The van der Waals surface area contributed by atoms with Gasteiger partial charge in [0.2, 0.25) is 0 Å². The van der Waals surface area contributed by atoms with E-state index in [1.807, 2.05) is 41.0 Å². The molecule has 0 aromatic heterocycles.